The maximum absolute atomic E-state index is 5.36. The van der Waals surface area contributed by atoms with E-state index in [9.17, 15) is 0 Å². The molecule has 0 N–H and O–H groups in total. The van der Waals surface area contributed by atoms with Crippen molar-refractivity contribution >= 4 is 11.3 Å². The summed E-state index contributed by atoms with van der Waals surface area (Å²) in [6.45, 7) is 5.54. The Morgan fingerprint density at radius 1 is 1.50 bits per heavy atom. The van der Waals surface area contributed by atoms with Crippen molar-refractivity contribution in [2.45, 2.75) is 25.7 Å². The van der Waals surface area contributed by atoms with Gasteiger partial charge in [-0.3, -0.25) is 0 Å². The zero-order valence-electron chi connectivity index (χ0n) is 10.5. The van der Waals surface area contributed by atoms with Crippen molar-refractivity contribution in [3.8, 4) is 10.7 Å². The predicted octanol–water partition coefficient (Wildman–Crippen LogP) is 3.00. The SMILES string of the molecule is CCCCN1CC(c2nc(-c3cccs3)no2)C1. The molecule has 1 fully saturated rings. The number of aromatic nitrogens is 2. The van der Waals surface area contributed by atoms with Gasteiger partial charge in [0.25, 0.3) is 0 Å². The van der Waals surface area contributed by atoms with Gasteiger partial charge in [0.1, 0.15) is 0 Å². The van der Waals surface area contributed by atoms with Crippen LogP contribution < -0.4 is 0 Å². The molecule has 3 heterocycles. The first-order valence-electron chi connectivity index (χ1n) is 6.46. The van der Waals surface area contributed by atoms with Crippen LogP contribution in [-0.2, 0) is 0 Å². The minimum absolute atomic E-state index is 0.433. The van der Waals surface area contributed by atoms with E-state index >= 15 is 0 Å². The first-order valence-corrected chi connectivity index (χ1v) is 7.34. The van der Waals surface area contributed by atoms with Crippen molar-refractivity contribution in [1.82, 2.24) is 15.0 Å². The minimum atomic E-state index is 0.433. The van der Waals surface area contributed by atoms with E-state index in [4.69, 9.17) is 4.52 Å². The number of rotatable bonds is 5. The second-order valence-corrected chi connectivity index (χ2v) is 5.69. The largest absolute Gasteiger partial charge is 0.339 e. The van der Waals surface area contributed by atoms with Gasteiger partial charge in [0, 0.05) is 13.1 Å². The number of likely N-dealkylation sites (tertiary alicyclic amines) is 1. The molecule has 0 saturated carbocycles. The Morgan fingerprint density at radius 2 is 2.39 bits per heavy atom. The fraction of sp³-hybridized carbons (Fsp3) is 0.538. The molecular formula is C13H17N3OS. The van der Waals surface area contributed by atoms with Gasteiger partial charge in [0.2, 0.25) is 11.7 Å². The summed E-state index contributed by atoms with van der Waals surface area (Å²) < 4.78 is 5.36. The van der Waals surface area contributed by atoms with Gasteiger partial charge in [0.05, 0.1) is 10.8 Å². The molecule has 0 aliphatic carbocycles. The van der Waals surface area contributed by atoms with Crippen LogP contribution in [-0.4, -0.2) is 34.7 Å². The maximum atomic E-state index is 5.36. The van der Waals surface area contributed by atoms with Gasteiger partial charge in [-0.15, -0.1) is 11.3 Å². The molecule has 4 nitrogen and oxygen atoms in total. The highest BCUT2D eigenvalue weighted by Gasteiger charge is 2.32. The summed E-state index contributed by atoms with van der Waals surface area (Å²) >= 11 is 1.64. The van der Waals surface area contributed by atoms with Gasteiger partial charge in [-0.25, -0.2) is 0 Å². The van der Waals surface area contributed by atoms with Crippen LogP contribution in [0.1, 0.15) is 31.6 Å². The highest BCUT2D eigenvalue weighted by Crippen LogP contribution is 2.28. The lowest BCUT2D eigenvalue weighted by Crippen LogP contribution is -2.45. The third kappa shape index (κ3) is 2.33. The Balaban J connectivity index is 1.59. The van der Waals surface area contributed by atoms with E-state index in [-0.39, 0.29) is 0 Å². The third-order valence-electron chi connectivity index (χ3n) is 3.32. The average Bonchev–Trinajstić information content (AvgIpc) is 2.97. The Labute approximate surface area is 111 Å². The van der Waals surface area contributed by atoms with Crippen LogP contribution in [0.3, 0.4) is 0 Å². The lowest BCUT2D eigenvalue weighted by Gasteiger charge is -2.36. The molecule has 0 aromatic carbocycles. The molecule has 1 saturated heterocycles. The predicted molar refractivity (Wildman–Crippen MR) is 71.7 cm³/mol. The summed E-state index contributed by atoms with van der Waals surface area (Å²) in [5.74, 6) is 1.96. The van der Waals surface area contributed by atoms with Crippen LogP contribution in [0.2, 0.25) is 0 Å². The normalized spacial score (nSPS) is 16.9. The van der Waals surface area contributed by atoms with E-state index in [1.54, 1.807) is 11.3 Å². The lowest BCUT2D eigenvalue weighted by molar-refractivity contribution is 0.123. The maximum Gasteiger partial charge on any atom is 0.232 e. The fourth-order valence-electron chi connectivity index (χ4n) is 2.20. The second kappa shape index (κ2) is 5.20. The summed E-state index contributed by atoms with van der Waals surface area (Å²) in [6, 6.07) is 4.03. The molecule has 0 amide bonds. The van der Waals surface area contributed by atoms with Crippen LogP contribution in [0.5, 0.6) is 0 Å². The molecule has 3 rings (SSSR count). The number of hydrogen-bond donors (Lipinski definition) is 0. The third-order valence-corrected chi connectivity index (χ3v) is 4.18. The van der Waals surface area contributed by atoms with Gasteiger partial charge >= 0.3 is 0 Å². The molecule has 5 heteroatoms. The van der Waals surface area contributed by atoms with E-state index in [0.717, 1.165) is 29.7 Å². The summed E-state index contributed by atoms with van der Waals surface area (Å²) in [5.41, 5.74) is 0. The van der Waals surface area contributed by atoms with Crippen molar-refractivity contribution in [2.24, 2.45) is 0 Å². The number of thiophene rings is 1. The summed E-state index contributed by atoms with van der Waals surface area (Å²) in [6.07, 6.45) is 2.53. The minimum Gasteiger partial charge on any atom is -0.339 e. The highest BCUT2D eigenvalue weighted by molar-refractivity contribution is 7.13. The van der Waals surface area contributed by atoms with E-state index in [1.165, 1.54) is 19.4 Å². The smallest absolute Gasteiger partial charge is 0.232 e. The second-order valence-electron chi connectivity index (χ2n) is 4.74. The van der Waals surface area contributed by atoms with E-state index in [1.807, 2.05) is 17.5 Å². The topological polar surface area (TPSA) is 42.2 Å². The molecule has 0 radical (unpaired) electrons. The Morgan fingerprint density at radius 3 is 3.11 bits per heavy atom. The summed E-state index contributed by atoms with van der Waals surface area (Å²) in [4.78, 5) is 8.02. The standard InChI is InChI=1S/C13H17N3OS/c1-2-3-6-16-8-10(9-16)13-14-12(15-17-13)11-5-4-7-18-11/h4-5,7,10H,2-3,6,8-9H2,1H3. The van der Waals surface area contributed by atoms with E-state index < -0.39 is 0 Å². The molecule has 1 aliphatic heterocycles. The molecule has 96 valence electrons. The van der Waals surface area contributed by atoms with Crippen LogP contribution in [0.25, 0.3) is 10.7 Å². The Bertz CT molecular complexity index is 488. The molecule has 2 aromatic heterocycles. The number of hydrogen-bond acceptors (Lipinski definition) is 5. The number of nitrogens with zero attached hydrogens (tertiary/aromatic N) is 3. The van der Waals surface area contributed by atoms with Crippen molar-refractivity contribution < 1.29 is 4.52 Å². The Kier molecular flexibility index (Phi) is 3.43. The van der Waals surface area contributed by atoms with Crippen molar-refractivity contribution in [3.63, 3.8) is 0 Å². The zero-order valence-corrected chi connectivity index (χ0v) is 11.3. The first-order chi connectivity index (χ1) is 8.86. The van der Waals surface area contributed by atoms with Gasteiger partial charge in [-0.2, -0.15) is 4.98 Å². The summed E-state index contributed by atoms with van der Waals surface area (Å²) in [5, 5.41) is 6.08. The molecule has 18 heavy (non-hydrogen) atoms. The van der Waals surface area contributed by atoms with Gasteiger partial charge < -0.3 is 9.42 Å². The van der Waals surface area contributed by atoms with Crippen LogP contribution >= 0.6 is 11.3 Å². The highest BCUT2D eigenvalue weighted by atomic mass is 32.1. The van der Waals surface area contributed by atoms with Crippen molar-refractivity contribution in [3.05, 3.63) is 23.4 Å². The molecule has 0 bridgehead atoms. The quantitative estimate of drug-likeness (QED) is 0.831. The lowest BCUT2D eigenvalue weighted by atomic mass is 10.00. The van der Waals surface area contributed by atoms with Crippen molar-refractivity contribution in [1.29, 1.82) is 0 Å². The van der Waals surface area contributed by atoms with Gasteiger partial charge in [-0.1, -0.05) is 24.6 Å². The van der Waals surface area contributed by atoms with Crippen LogP contribution in [0.4, 0.5) is 0 Å². The molecular weight excluding hydrogens is 246 g/mol. The zero-order chi connectivity index (χ0) is 12.4. The molecule has 2 aromatic rings. The molecule has 0 atom stereocenters. The molecule has 0 unspecified atom stereocenters. The molecule has 1 aliphatic rings. The first kappa shape index (κ1) is 11.9. The van der Waals surface area contributed by atoms with Gasteiger partial charge in [0.15, 0.2) is 0 Å². The molecule has 0 spiro atoms. The average molecular weight is 263 g/mol. The van der Waals surface area contributed by atoms with Gasteiger partial charge in [-0.05, 0) is 24.4 Å². The fourth-order valence-corrected chi connectivity index (χ4v) is 2.85. The van der Waals surface area contributed by atoms with Crippen LogP contribution in [0.15, 0.2) is 22.0 Å². The summed E-state index contributed by atoms with van der Waals surface area (Å²) in [7, 11) is 0. The Hall–Kier alpha value is -1.20. The number of unbranched alkanes of at least 4 members (excludes halogenated alkanes) is 1. The van der Waals surface area contributed by atoms with Crippen LogP contribution in [0, 0.1) is 0 Å². The van der Waals surface area contributed by atoms with E-state index in [0.29, 0.717) is 5.92 Å². The van der Waals surface area contributed by atoms with E-state index in [2.05, 4.69) is 22.0 Å². The monoisotopic (exact) mass is 263 g/mol. The van der Waals surface area contributed by atoms with Crippen molar-refractivity contribution in [2.75, 3.05) is 19.6 Å².